The number of hydrogen-bond donors (Lipinski definition) is 0. The summed E-state index contributed by atoms with van der Waals surface area (Å²) in [5, 5.41) is 2.09. The van der Waals surface area contributed by atoms with Gasteiger partial charge in [0, 0.05) is 124 Å². The van der Waals surface area contributed by atoms with Gasteiger partial charge in [-0.25, -0.2) is 9.97 Å². The van der Waals surface area contributed by atoms with Crippen molar-refractivity contribution in [2.45, 2.75) is 64.7 Å². The zero-order valence-electron chi connectivity index (χ0n) is 47.0. The summed E-state index contributed by atoms with van der Waals surface area (Å²) in [5.74, 6) is 2.42. The second-order valence-electron chi connectivity index (χ2n) is 22.6. The Morgan fingerprint density at radius 1 is 0.444 bits per heavy atom. The molecule has 0 unspecified atom stereocenters. The smallest absolute Gasteiger partial charge is 0.256 e. The lowest BCUT2D eigenvalue weighted by atomic mass is 10.0. The molecule has 10 aromatic rings. The highest BCUT2D eigenvalue weighted by Gasteiger charge is 2.34. The van der Waals surface area contributed by atoms with E-state index in [1.807, 2.05) is 24.3 Å². The van der Waals surface area contributed by atoms with Crippen LogP contribution in [0, 0.1) is 13.8 Å². The normalized spacial score (nSPS) is 16.9. The summed E-state index contributed by atoms with van der Waals surface area (Å²) in [5.41, 5.74) is 12.9. The zero-order valence-corrected chi connectivity index (χ0v) is 47.0. The minimum Gasteiger partial charge on any atom is -0.378 e. The van der Waals surface area contributed by atoms with E-state index < -0.39 is 0 Å². The lowest BCUT2D eigenvalue weighted by molar-refractivity contribution is 0.0689. The summed E-state index contributed by atoms with van der Waals surface area (Å²) in [7, 11) is 2.19. The molecule has 81 heavy (non-hydrogen) atoms. The van der Waals surface area contributed by atoms with Crippen LogP contribution in [-0.2, 0) is 17.8 Å². The minimum absolute atomic E-state index is 0.142. The van der Waals surface area contributed by atoms with Gasteiger partial charge >= 0.3 is 0 Å². The van der Waals surface area contributed by atoms with Gasteiger partial charge in [-0.15, -0.1) is 0 Å². The van der Waals surface area contributed by atoms with Gasteiger partial charge in [0.15, 0.2) is 0 Å². The van der Waals surface area contributed by atoms with Crippen LogP contribution < -0.4 is 9.80 Å². The van der Waals surface area contributed by atoms with Gasteiger partial charge in [-0.05, 0) is 94.1 Å². The molecule has 0 atom stereocenters. The predicted octanol–water partition coefficient (Wildman–Crippen LogP) is 11.2. The van der Waals surface area contributed by atoms with E-state index in [2.05, 4.69) is 197 Å². The van der Waals surface area contributed by atoms with Crippen LogP contribution in [-0.4, -0.2) is 140 Å². The van der Waals surface area contributed by atoms with Crippen LogP contribution in [0.1, 0.15) is 81.0 Å². The number of rotatable bonds is 10. The van der Waals surface area contributed by atoms with Crippen LogP contribution in [0.3, 0.4) is 0 Å². The highest BCUT2D eigenvalue weighted by molar-refractivity contribution is 6.09. The number of imidazole rings is 2. The van der Waals surface area contributed by atoms with Crippen molar-refractivity contribution in [1.29, 1.82) is 0 Å². The van der Waals surface area contributed by atoms with E-state index in [-0.39, 0.29) is 11.8 Å². The summed E-state index contributed by atoms with van der Waals surface area (Å²) >= 11 is 0. The predicted molar refractivity (Wildman–Crippen MR) is 325 cm³/mol. The number of hydrogen-bond acceptors (Lipinski definition) is 8. The van der Waals surface area contributed by atoms with Gasteiger partial charge in [-0.2, -0.15) is 0 Å². The molecule has 0 spiro atoms. The van der Waals surface area contributed by atoms with Crippen molar-refractivity contribution in [3.63, 3.8) is 0 Å². The number of benzene rings is 6. The fourth-order valence-electron chi connectivity index (χ4n) is 13.3. The SMILES string of the molecule is Cc1c(C(=O)N2CCC(n3c(N4CCN(C)CC4)nc4ccccc43)CC2)c2ccccc2n1Cc1ccccc1.Cc1c(C(=O)N2CCC(n3c(N4CCOCC4)nc4ccccc43)CC2)c2ccccc2n1Cc1ccccc1. The van der Waals surface area contributed by atoms with Crippen molar-refractivity contribution in [2.75, 3.05) is 95.5 Å². The fraction of sp³-hybridized carbons (Fsp3) is 0.343. The molecule has 4 saturated heterocycles. The van der Waals surface area contributed by atoms with E-state index in [1.165, 1.54) is 22.2 Å². The highest BCUT2D eigenvalue weighted by Crippen LogP contribution is 2.38. The number of piperazine rings is 1. The third kappa shape index (κ3) is 10.1. The van der Waals surface area contributed by atoms with Gasteiger partial charge in [-0.3, -0.25) is 9.59 Å². The van der Waals surface area contributed by atoms with E-state index in [1.54, 1.807) is 0 Å². The Kier molecular flexibility index (Phi) is 14.7. The number of likely N-dealkylation sites (tertiary alicyclic amines) is 2. The molecule has 4 aliphatic heterocycles. The number of carbonyl (C=O) groups excluding carboxylic acids is 2. The Morgan fingerprint density at radius 3 is 1.25 bits per heavy atom. The number of ether oxygens (including phenoxy) is 1. The summed E-state index contributed by atoms with van der Waals surface area (Å²) < 4.78 is 15.1. The van der Waals surface area contributed by atoms with Crippen molar-refractivity contribution in [3.8, 4) is 0 Å². The topological polar surface area (TPSA) is 105 Å². The third-order valence-electron chi connectivity index (χ3n) is 17.7. The van der Waals surface area contributed by atoms with Gasteiger partial charge in [0.2, 0.25) is 11.9 Å². The Hall–Kier alpha value is -8.20. The molecular formula is C67H73N11O3. The summed E-state index contributed by atoms with van der Waals surface area (Å²) in [4.78, 5) is 49.7. The van der Waals surface area contributed by atoms with Crippen LogP contribution in [0.15, 0.2) is 158 Å². The lowest BCUT2D eigenvalue weighted by Crippen LogP contribution is -2.46. The van der Waals surface area contributed by atoms with Crippen molar-refractivity contribution < 1.29 is 14.3 Å². The Morgan fingerprint density at radius 2 is 0.815 bits per heavy atom. The Bertz CT molecular complexity index is 3850. The van der Waals surface area contributed by atoms with Crippen LogP contribution in [0.5, 0.6) is 0 Å². The number of morpholine rings is 1. The van der Waals surface area contributed by atoms with Gasteiger partial charge < -0.3 is 47.5 Å². The van der Waals surface area contributed by atoms with E-state index in [0.29, 0.717) is 12.1 Å². The van der Waals surface area contributed by atoms with Gasteiger partial charge in [0.05, 0.1) is 46.4 Å². The first-order valence-corrected chi connectivity index (χ1v) is 29.3. The van der Waals surface area contributed by atoms with Crippen molar-refractivity contribution in [1.82, 2.24) is 42.9 Å². The Labute approximate surface area is 474 Å². The first kappa shape index (κ1) is 52.2. The number of likely N-dealkylation sites (N-methyl/N-ethyl adjacent to an activating group) is 1. The molecule has 0 saturated carbocycles. The monoisotopic (exact) mass is 1080 g/mol. The van der Waals surface area contributed by atoms with Gasteiger partial charge in [-0.1, -0.05) is 121 Å². The standard InChI is InChI=1S/C34H38N6O.C33H35N5O2/c1-25-32(28-12-6-8-14-30(28)39(25)24-26-10-4-3-5-11-26)33(41)37-18-16-27(17-19-37)40-31-15-9-7-13-29(31)35-34(40)38-22-20-36(2)21-23-38;1-24-31(27-11-5-7-13-29(27)37(24)23-25-9-3-2-4-10-25)32(39)35-17-15-26(16-18-35)38-30-14-8-6-12-28(30)34-33(38)36-19-21-40-22-20-36/h3-15,27H,16-24H2,1-2H3;2-14,26H,15-23H2,1H3. The van der Waals surface area contributed by atoms with E-state index in [9.17, 15) is 9.59 Å². The van der Waals surface area contributed by atoms with E-state index in [0.717, 1.165) is 185 Å². The minimum atomic E-state index is 0.142. The maximum absolute atomic E-state index is 14.1. The molecule has 0 N–H and O–H groups in total. The second-order valence-corrected chi connectivity index (χ2v) is 22.6. The van der Waals surface area contributed by atoms with E-state index >= 15 is 0 Å². The molecule has 6 aromatic carbocycles. The number of piperidine rings is 2. The van der Waals surface area contributed by atoms with Crippen molar-refractivity contribution >= 4 is 67.6 Å². The van der Waals surface area contributed by atoms with E-state index in [4.69, 9.17) is 14.7 Å². The second kappa shape index (κ2) is 22.7. The van der Waals surface area contributed by atoms with Crippen LogP contribution in [0.4, 0.5) is 11.9 Å². The molecule has 4 fully saturated rings. The Balaban J connectivity index is 0.000000153. The van der Waals surface area contributed by atoms with Gasteiger partial charge in [0.1, 0.15) is 0 Å². The molecule has 14 heteroatoms. The fourth-order valence-corrected chi connectivity index (χ4v) is 13.3. The third-order valence-corrected chi connectivity index (χ3v) is 17.7. The molecule has 14 rings (SSSR count). The molecule has 0 radical (unpaired) electrons. The van der Waals surface area contributed by atoms with Crippen molar-refractivity contribution in [2.24, 2.45) is 0 Å². The van der Waals surface area contributed by atoms with Crippen LogP contribution in [0.2, 0.25) is 0 Å². The molecule has 0 aliphatic carbocycles. The number of aromatic nitrogens is 6. The zero-order chi connectivity index (χ0) is 55.0. The summed E-state index contributed by atoms with van der Waals surface area (Å²) in [6, 6.07) is 55.2. The highest BCUT2D eigenvalue weighted by atomic mass is 16.5. The van der Waals surface area contributed by atoms with Gasteiger partial charge in [0.25, 0.3) is 11.8 Å². The summed E-state index contributed by atoms with van der Waals surface area (Å²) in [6.07, 6.45) is 3.67. The average molecular weight is 1080 g/mol. The molecule has 8 heterocycles. The molecule has 14 nitrogen and oxygen atoms in total. The van der Waals surface area contributed by atoms with Crippen molar-refractivity contribution in [3.05, 3.63) is 191 Å². The summed E-state index contributed by atoms with van der Waals surface area (Å²) in [6.45, 7) is 15.9. The quantitative estimate of drug-likeness (QED) is 0.133. The number of fused-ring (bicyclic) bond motifs is 4. The largest absolute Gasteiger partial charge is 0.378 e. The number of amides is 2. The molecule has 2 amide bonds. The molecule has 4 aliphatic rings. The molecule has 0 bridgehead atoms. The van der Waals surface area contributed by atoms with Crippen LogP contribution in [0.25, 0.3) is 43.9 Å². The number of anilines is 2. The number of para-hydroxylation sites is 6. The first-order valence-electron chi connectivity index (χ1n) is 29.3. The first-order chi connectivity index (χ1) is 39.8. The molecule has 4 aromatic heterocycles. The molecular weight excluding hydrogens is 1010 g/mol. The number of carbonyl (C=O) groups is 2. The lowest BCUT2D eigenvalue weighted by Gasteiger charge is -2.37. The maximum atomic E-state index is 14.1. The molecule has 414 valence electrons. The maximum Gasteiger partial charge on any atom is 0.256 e. The average Bonchev–Trinajstić information content (AvgIpc) is 4.37. The number of nitrogens with zero attached hydrogens (tertiary/aromatic N) is 11. The van der Waals surface area contributed by atoms with Crippen LogP contribution >= 0.6 is 0 Å².